The van der Waals surface area contributed by atoms with Gasteiger partial charge in [0.2, 0.25) is 0 Å². The van der Waals surface area contributed by atoms with Crippen molar-refractivity contribution in [3.05, 3.63) is 0 Å². The summed E-state index contributed by atoms with van der Waals surface area (Å²) in [5, 5.41) is 0.696. The maximum Gasteiger partial charge on any atom is 0.0245 e. The van der Waals surface area contributed by atoms with Crippen LogP contribution in [0.15, 0.2) is 0 Å². The highest BCUT2D eigenvalue weighted by Gasteiger charge is 2.31. The van der Waals surface area contributed by atoms with Gasteiger partial charge in [0.05, 0.1) is 0 Å². The zero-order chi connectivity index (χ0) is 7.61. The summed E-state index contributed by atoms with van der Waals surface area (Å²) in [5.74, 6) is 0. The maximum absolute atomic E-state index is 6.11. The summed E-state index contributed by atoms with van der Waals surface area (Å²) < 4.78 is 0. The zero-order valence-electron chi connectivity index (χ0n) is 6.89. The van der Waals surface area contributed by atoms with E-state index in [1.54, 1.807) is 0 Å². The van der Waals surface area contributed by atoms with E-state index in [1.165, 1.54) is 25.7 Å². The number of nitrogens with two attached hydrogens (primary N) is 1. The predicted octanol–water partition coefficient (Wildman–Crippen LogP) is 2.01. The molecular formula is C8H17NS. The molecule has 0 radical (unpaired) electrons. The molecule has 1 aliphatic rings. The quantitative estimate of drug-likeness (QED) is 0.633. The topological polar surface area (TPSA) is 26.0 Å². The van der Waals surface area contributed by atoms with Gasteiger partial charge in [0.25, 0.3) is 0 Å². The normalized spacial score (nSPS) is 41.7. The van der Waals surface area contributed by atoms with Gasteiger partial charge >= 0.3 is 0 Å². The molecule has 0 aromatic rings. The minimum Gasteiger partial charge on any atom is -0.324 e. The lowest BCUT2D eigenvalue weighted by Gasteiger charge is -2.37. The smallest absolute Gasteiger partial charge is 0.0245 e. The third-order valence-electron chi connectivity index (χ3n) is 2.45. The lowest BCUT2D eigenvalue weighted by Crippen LogP contribution is -2.48. The molecular weight excluding hydrogens is 142 g/mol. The molecule has 2 heteroatoms. The fourth-order valence-electron chi connectivity index (χ4n) is 1.71. The summed E-state index contributed by atoms with van der Waals surface area (Å²) in [6.45, 7) is 2.19. The van der Waals surface area contributed by atoms with Crippen molar-refractivity contribution < 1.29 is 0 Å². The number of hydrogen-bond acceptors (Lipinski definition) is 2. The average molecular weight is 159 g/mol. The molecule has 10 heavy (non-hydrogen) atoms. The van der Waals surface area contributed by atoms with Crippen molar-refractivity contribution >= 4 is 11.8 Å². The second-order valence-corrected chi connectivity index (χ2v) is 4.52. The lowest BCUT2D eigenvalue weighted by atomic mass is 9.84. The Morgan fingerprint density at radius 3 is 2.60 bits per heavy atom. The van der Waals surface area contributed by atoms with Gasteiger partial charge in [-0.2, -0.15) is 11.8 Å². The van der Waals surface area contributed by atoms with Crippen LogP contribution in [-0.4, -0.2) is 17.0 Å². The first-order chi connectivity index (χ1) is 4.67. The van der Waals surface area contributed by atoms with Gasteiger partial charge in [-0.15, -0.1) is 0 Å². The van der Waals surface area contributed by atoms with E-state index in [1.807, 2.05) is 11.8 Å². The molecule has 60 valence electrons. The van der Waals surface area contributed by atoms with Crippen molar-refractivity contribution in [1.29, 1.82) is 0 Å². The molecule has 1 rings (SSSR count). The molecule has 0 amide bonds. The van der Waals surface area contributed by atoms with E-state index in [2.05, 4.69) is 13.2 Å². The summed E-state index contributed by atoms with van der Waals surface area (Å²) in [7, 11) is 0. The molecule has 0 saturated heterocycles. The molecule has 2 atom stereocenters. The van der Waals surface area contributed by atoms with Crippen LogP contribution < -0.4 is 5.73 Å². The predicted molar refractivity (Wildman–Crippen MR) is 48.4 cm³/mol. The minimum atomic E-state index is 0.109. The Bertz CT molecular complexity index is 112. The first-order valence-corrected chi connectivity index (χ1v) is 5.27. The Hall–Kier alpha value is 0.310. The molecule has 1 nitrogen and oxygen atoms in total. The first kappa shape index (κ1) is 8.41. The fourth-order valence-corrected chi connectivity index (χ4v) is 2.77. The Labute approximate surface area is 67.8 Å². The molecule has 0 aliphatic heterocycles. The second-order valence-electron chi connectivity index (χ2n) is 3.48. The van der Waals surface area contributed by atoms with Crippen molar-refractivity contribution in [3.8, 4) is 0 Å². The summed E-state index contributed by atoms with van der Waals surface area (Å²) >= 11 is 1.93. The summed E-state index contributed by atoms with van der Waals surface area (Å²) in [4.78, 5) is 0. The highest BCUT2D eigenvalue weighted by molar-refractivity contribution is 7.99. The van der Waals surface area contributed by atoms with Crippen molar-refractivity contribution in [2.75, 3.05) is 6.26 Å². The van der Waals surface area contributed by atoms with Crippen LogP contribution in [0, 0.1) is 0 Å². The van der Waals surface area contributed by atoms with Gasteiger partial charge in [0.15, 0.2) is 0 Å². The van der Waals surface area contributed by atoms with Gasteiger partial charge in [0, 0.05) is 10.8 Å². The van der Waals surface area contributed by atoms with E-state index in [0.29, 0.717) is 5.25 Å². The van der Waals surface area contributed by atoms with E-state index < -0.39 is 0 Å². The molecule has 0 aromatic carbocycles. The Balaban J connectivity index is 2.51. The van der Waals surface area contributed by atoms with Gasteiger partial charge in [-0.3, -0.25) is 0 Å². The lowest BCUT2D eigenvalue weighted by molar-refractivity contribution is 0.334. The van der Waals surface area contributed by atoms with Crippen LogP contribution in [0.25, 0.3) is 0 Å². The molecule has 1 aliphatic carbocycles. The Morgan fingerprint density at radius 2 is 2.20 bits per heavy atom. The van der Waals surface area contributed by atoms with E-state index in [9.17, 15) is 0 Å². The Morgan fingerprint density at radius 1 is 1.50 bits per heavy atom. The van der Waals surface area contributed by atoms with Crippen LogP contribution in [0.3, 0.4) is 0 Å². The third-order valence-corrected chi connectivity index (χ3v) is 3.80. The molecule has 1 fully saturated rings. The zero-order valence-corrected chi connectivity index (χ0v) is 7.71. The standard InChI is InChI=1S/C8H17NS/c1-8(9)6-4-3-5-7(8)10-2/h7H,3-6,9H2,1-2H3. The third kappa shape index (κ3) is 1.67. The van der Waals surface area contributed by atoms with E-state index >= 15 is 0 Å². The summed E-state index contributed by atoms with van der Waals surface area (Å²) in [5.41, 5.74) is 6.22. The first-order valence-electron chi connectivity index (χ1n) is 3.98. The van der Waals surface area contributed by atoms with Crippen molar-refractivity contribution in [3.63, 3.8) is 0 Å². The van der Waals surface area contributed by atoms with Gasteiger partial charge < -0.3 is 5.73 Å². The van der Waals surface area contributed by atoms with Gasteiger partial charge in [0.1, 0.15) is 0 Å². The average Bonchev–Trinajstić information content (AvgIpc) is 1.87. The fraction of sp³-hybridized carbons (Fsp3) is 1.00. The van der Waals surface area contributed by atoms with Crippen molar-refractivity contribution in [2.24, 2.45) is 5.73 Å². The number of rotatable bonds is 1. The van der Waals surface area contributed by atoms with Gasteiger partial charge in [-0.1, -0.05) is 12.8 Å². The highest BCUT2D eigenvalue weighted by atomic mass is 32.2. The number of thioether (sulfide) groups is 1. The molecule has 0 heterocycles. The molecule has 0 aromatic heterocycles. The molecule has 0 bridgehead atoms. The van der Waals surface area contributed by atoms with Gasteiger partial charge in [-0.05, 0) is 26.0 Å². The maximum atomic E-state index is 6.11. The van der Waals surface area contributed by atoms with Crippen LogP contribution in [0.2, 0.25) is 0 Å². The highest BCUT2D eigenvalue weighted by Crippen LogP contribution is 2.33. The molecule has 0 spiro atoms. The largest absolute Gasteiger partial charge is 0.324 e. The monoisotopic (exact) mass is 159 g/mol. The van der Waals surface area contributed by atoms with E-state index in [4.69, 9.17) is 5.73 Å². The SMILES string of the molecule is CSC1CCCCC1(C)N. The van der Waals surface area contributed by atoms with Crippen LogP contribution in [0.4, 0.5) is 0 Å². The number of hydrogen-bond donors (Lipinski definition) is 1. The van der Waals surface area contributed by atoms with E-state index in [0.717, 1.165) is 0 Å². The van der Waals surface area contributed by atoms with Crippen LogP contribution in [-0.2, 0) is 0 Å². The molecule has 1 saturated carbocycles. The van der Waals surface area contributed by atoms with Gasteiger partial charge in [-0.25, -0.2) is 0 Å². The van der Waals surface area contributed by atoms with Crippen molar-refractivity contribution in [2.45, 2.75) is 43.4 Å². The summed E-state index contributed by atoms with van der Waals surface area (Å²) in [6, 6.07) is 0. The summed E-state index contributed by atoms with van der Waals surface area (Å²) in [6.07, 6.45) is 7.39. The van der Waals surface area contributed by atoms with E-state index in [-0.39, 0.29) is 5.54 Å². The van der Waals surface area contributed by atoms with Crippen molar-refractivity contribution in [1.82, 2.24) is 0 Å². The molecule has 2 N–H and O–H groups in total. The van der Waals surface area contributed by atoms with Crippen LogP contribution in [0.1, 0.15) is 32.6 Å². The second kappa shape index (κ2) is 3.14. The Kier molecular flexibility index (Phi) is 2.64. The van der Waals surface area contributed by atoms with Crippen LogP contribution in [0.5, 0.6) is 0 Å². The minimum absolute atomic E-state index is 0.109. The van der Waals surface area contributed by atoms with Crippen LogP contribution >= 0.6 is 11.8 Å². The molecule has 2 unspecified atom stereocenters.